The number of aryl methyl sites for hydroxylation is 1. The molecule has 0 amide bonds. The SMILES string of the molecule is C=C(/C(C)=C/c1[nH]c(-c2cccc(OC)c2)cc1CCCCCO)N(C(C)=S)C1CCCC(CC)C1. The van der Waals surface area contributed by atoms with Gasteiger partial charge in [-0.3, -0.25) is 0 Å². The third-order valence-corrected chi connectivity index (χ3v) is 7.76. The van der Waals surface area contributed by atoms with Crippen LogP contribution < -0.4 is 4.74 Å². The fourth-order valence-corrected chi connectivity index (χ4v) is 5.68. The lowest BCUT2D eigenvalue weighted by Gasteiger charge is -2.39. The molecule has 36 heavy (non-hydrogen) atoms. The molecule has 2 atom stereocenters. The van der Waals surface area contributed by atoms with Crippen LogP contribution in [0.4, 0.5) is 0 Å². The summed E-state index contributed by atoms with van der Waals surface area (Å²) in [7, 11) is 1.70. The number of hydrogen-bond donors (Lipinski definition) is 2. The van der Waals surface area contributed by atoms with Crippen LogP contribution in [0.15, 0.2) is 48.2 Å². The minimum Gasteiger partial charge on any atom is -0.497 e. The highest BCUT2D eigenvalue weighted by Gasteiger charge is 2.28. The molecule has 0 aliphatic heterocycles. The molecule has 5 heteroatoms. The zero-order valence-corrected chi connectivity index (χ0v) is 23.4. The van der Waals surface area contributed by atoms with Gasteiger partial charge in [0.2, 0.25) is 0 Å². The molecule has 0 radical (unpaired) electrons. The second-order valence-electron chi connectivity index (χ2n) is 10.1. The van der Waals surface area contributed by atoms with Crippen molar-refractivity contribution in [3.8, 4) is 17.0 Å². The molecule has 196 valence electrons. The molecule has 2 N–H and O–H groups in total. The lowest BCUT2D eigenvalue weighted by atomic mass is 9.83. The molecule has 1 aliphatic carbocycles. The topological polar surface area (TPSA) is 48.5 Å². The summed E-state index contributed by atoms with van der Waals surface area (Å²) in [5.74, 6) is 1.62. The Kier molecular flexibility index (Phi) is 10.8. The first kappa shape index (κ1) is 28.2. The Bertz CT molecular complexity index is 1050. The lowest BCUT2D eigenvalue weighted by molar-refractivity contribution is 0.226. The fraction of sp³-hybridized carbons (Fsp3) is 0.516. The highest BCUT2D eigenvalue weighted by Crippen LogP contribution is 2.34. The van der Waals surface area contributed by atoms with Crippen LogP contribution in [0.2, 0.25) is 0 Å². The van der Waals surface area contributed by atoms with Crippen molar-refractivity contribution in [3.63, 3.8) is 0 Å². The van der Waals surface area contributed by atoms with E-state index in [0.29, 0.717) is 6.04 Å². The van der Waals surface area contributed by atoms with E-state index in [9.17, 15) is 5.11 Å². The van der Waals surface area contributed by atoms with E-state index < -0.39 is 0 Å². The van der Waals surface area contributed by atoms with Crippen LogP contribution in [-0.4, -0.2) is 39.7 Å². The largest absolute Gasteiger partial charge is 0.497 e. The van der Waals surface area contributed by atoms with Crippen molar-refractivity contribution >= 4 is 23.3 Å². The van der Waals surface area contributed by atoms with Gasteiger partial charge in [0.05, 0.1) is 12.1 Å². The first-order valence-corrected chi connectivity index (χ1v) is 13.9. The quantitative estimate of drug-likeness (QED) is 0.174. The second kappa shape index (κ2) is 13.8. The van der Waals surface area contributed by atoms with Gasteiger partial charge >= 0.3 is 0 Å². The predicted molar refractivity (Wildman–Crippen MR) is 156 cm³/mol. The second-order valence-corrected chi connectivity index (χ2v) is 10.7. The van der Waals surface area contributed by atoms with E-state index >= 15 is 0 Å². The zero-order valence-electron chi connectivity index (χ0n) is 22.6. The van der Waals surface area contributed by atoms with Gasteiger partial charge in [0.1, 0.15) is 5.75 Å². The Hall–Kier alpha value is -2.37. The smallest absolute Gasteiger partial charge is 0.119 e. The Balaban J connectivity index is 1.90. The first-order valence-electron chi connectivity index (χ1n) is 13.5. The summed E-state index contributed by atoms with van der Waals surface area (Å²) in [6, 6.07) is 10.8. The first-order chi connectivity index (χ1) is 17.4. The Morgan fingerprint density at radius 1 is 1.22 bits per heavy atom. The van der Waals surface area contributed by atoms with Crippen molar-refractivity contribution in [1.82, 2.24) is 9.88 Å². The number of unbranched alkanes of at least 4 members (excludes halogenated alkanes) is 2. The van der Waals surface area contributed by atoms with Crippen molar-refractivity contribution < 1.29 is 9.84 Å². The van der Waals surface area contributed by atoms with E-state index in [0.717, 1.165) is 70.6 Å². The number of allylic oxidation sites excluding steroid dienone is 1. The van der Waals surface area contributed by atoms with Crippen LogP contribution >= 0.6 is 12.2 Å². The number of rotatable bonds is 12. The van der Waals surface area contributed by atoms with Gasteiger partial charge in [0.25, 0.3) is 0 Å². The number of hydrogen-bond acceptors (Lipinski definition) is 3. The van der Waals surface area contributed by atoms with Gasteiger partial charge in [-0.05, 0) is 87.3 Å². The normalized spacial score (nSPS) is 18.2. The molecule has 4 nitrogen and oxygen atoms in total. The summed E-state index contributed by atoms with van der Waals surface area (Å²) in [5.41, 5.74) is 6.73. The Labute approximate surface area is 223 Å². The van der Waals surface area contributed by atoms with Gasteiger partial charge in [0, 0.05) is 35.3 Å². The van der Waals surface area contributed by atoms with Gasteiger partial charge in [0.15, 0.2) is 0 Å². The maximum Gasteiger partial charge on any atom is 0.119 e. The van der Waals surface area contributed by atoms with Crippen molar-refractivity contribution in [1.29, 1.82) is 0 Å². The maximum atomic E-state index is 9.18. The highest BCUT2D eigenvalue weighted by molar-refractivity contribution is 7.80. The molecule has 0 saturated heterocycles. The summed E-state index contributed by atoms with van der Waals surface area (Å²) in [6.45, 7) is 11.2. The lowest BCUT2D eigenvalue weighted by Crippen LogP contribution is -2.40. The monoisotopic (exact) mass is 508 g/mol. The summed E-state index contributed by atoms with van der Waals surface area (Å²) in [4.78, 5) is 6.89. The maximum absolute atomic E-state index is 9.18. The molecule has 1 heterocycles. The number of ether oxygens (including phenoxy) is 1. The molecule has 3 rings (SSSR count). The number of aliphatic hydroxyl groups is 1. The van der Waals surface area contributed by atoms with Crippen molar-refractivity contribution in [3.05, 3.63) is 59.4 Å². The average molecular weight is 509 g/mol. The molecule has 0 bridgehead atoms. The minimum atomic E-state index is 0.251. The summed E-state index contributed by atoms with van der Waals surface area (Å²) < 4.78 is 5.44. The number of nitrogens with one attached hydrogen (secondary N) is 1. The van der Waals surface area contributed by atoms with Crippen LogP contribution in [0.25, 0.3) is 17.3 Å². The van der Waals surface area contributed by atoms with Gasteiger partial charge in [-0.25, -0.2) is 0 Å². The molecule has 2 unspecified atom stereocenters. The van der Waals surface area contributed by atoms with Gasteiger partial charge in [-0.1, -0.05) is 63.5 Å². The average Bonchev–Trinajstić information content (AvgIpc) is 3.29. The van der Waals surface area contributed by atoms with Crippen molar-refractivity contribution in [2.45, 2.75) is 84.6 Å². The third kappa shape index (κ3) is 7.33. The number of nitrogens with zero attached hydrogens (tertiary/aromatic N) is 1. The Morgan fingerprint density at radius 2 is 2.03 bits per heavy atom. The minimum absolute atomic E-state index is 0.251. The number of aromatic amines is 1. The molecular weight excluding hydrogens is 464 g/mol. The molecule has 1 saturated carbocycles. The highest BCUT2D eigenvalue weighted by atomic mass is 32.1. The summed E-state index contributed by atoms with van der Waals surface area (Å²) in [5, 5.41) is 9.18. The summed E-state index contributed by atoms with van der Waals surface area (Å²) >= 11 is 5.73. The molecule has 2 aromatic rings. The van der Waals surface area contributed by atoms with Crippen LogP contribution in [0, 0.1) is 5.92 Å². The van der Waals surface area contributed by atoms with E-state index in [1.807, 2.05) is 19.1 Å². The predicted octanol–water partition coefficient (Wildman–Crippen LogP) is 7.93. The van der Waals surface area contributed by atoms with Gasteiger partial charge < -0.3 is 19.7 Å². The van der Waals surface area contributed by atoms with Crippen molar-refractivity contribution in [2.24, 2.45) is 5.92 Å². The van der Waals surface area contributed by atoms with E-state index in [1.165, 1.54) is 37.7 Å². The van der Waals surface area contributed by atoms with Gasteiger partial charge in [-0.15, -0.1) is 0 Å². The van der Waals surface area contributed by atoms with Crippen LogP contribution in [0.5, 0.6) is 5.75 Å². The zero-order chi connectivity index (χ0) is 26.1. The number of aliphatic hydroxyl groups excluding tert-OH is 1. The third-order valence-electron chi connectivity index (χ3n) is 7.56. The molecule has 0 spiro atoms. The molecule has 1 aromatic carbocycles. The van der Waals surface area contributed by atoms with E-state index in [-0.39, 0.29) is 6.61 Å². The number of thiocarbonyl (C=S) groups is 1. The molecular formula is C31H44N2O2S. The van der Waals surface area contributed by atoms with E-state index in [2.05, 4.69) is 54.6 Å². The number of aromatic nitrogens is 1. The molecule has 1 aliphatic rings. The van der Waals surface area contributed by atoms with Gasteiger partial charge in [-0.2, -0.15) is 0 Å². The van der Waals surface area contributed by atoms with Crippen LogP contribution in [-0.2, 0) is 6.42 Å². The van der Waals surface area contributed by atoms with E-state index in [4.69, 9.17) is 17.0 Å². The molecule has 1 aromatic heterocycles. The number of H-pyrrole nitrogens is 1. The fourth-order valence-electron chi connectivity index (χ4n) is 5.42. The van der Waals surface area contributed by atoms with Crippen molar-refractivity contribution in [2.75, 3.05) is 13.7 Å². The Morgan fingerprint density at radius 3 is 2.72 bits per heavy atom. The van der Waals surface area contributed by atoms with E-state index in [1.54, 1.807) is 7.11 Å². The van der Waals surface area contributed by atoms with Crippen LogP contribution in [0.3, 0.4) is 0 Å². The standard InChI is InChI=1S/C31H44N2O2S/c1-6-25-12-10-15-28(19-25)33(24(4)36)23(3)22(2)18-30-27(13-8-7-9-17-34)21-31(32-30)26-14-11-16-29(20-26)35-5/h11,14,16,18,20-21,25,28,32,34H,3,6-10,12-13,15,17,19H2,1-2,4-5H3/b22-18+. The number of methoxy groups -OCH3 is 1. The summed E-state index contributed by atoms with van der Waals surface area (Å²) in [6.07, 6.45) is 12.3. The van der Waals surface area contributed by atoms with Crippen LogP contribution in [0.1, 0.15) is 83.4 Å². The number of benzene rings is 1. The molecule has 1 fully saturated rings.